The van der Waals surface area contributed by atoms with E-state index in [1.165, 1.54) is 6.07 Å². The first-order valence-corrected chi connectivity index (χ1v) is 8.51. The Morgan fingerprint density at radius 2 is 1.95 bits per heavy atom. The van der Waals surface area contributed by atoms with Gasteiger partial charge in [-0.15, -0.1) is 0 Å². The van der Waals surface area contributed by atoms with Gasteiger partial charge in [-0.25, -0.2) is 13.1 Å². The molecule has 5 nitrogen and oxygen atoms in total. The lowest BCUT2D eigenvalue weighted by Crippen LogP contribution is -2.36. The van der Waals surface area contributed by atoms with Crippen molar-refractivity contribution in [2.75, 3.05) is 18.9 Å². The second kappa shape index (κ2) is 6.09. The van der Waals surface area contributed by atoms with E-state index in [0.717, 1.165) is 0 Å². The number of sulfonamides is 1. The lowest BCUT2D eigenvalue weighted by atomic mass is 9.96. The van der Waals surface area contributed by atoms with Crippen LogP contribution in [0.3, 0.4) is 0 Å². The van der Waals surface area contributed by atoms with Crippen LogP contribution in [-0.4, -0.2) is 26.7 Å². The summed E-state index contributed by atoms with van der Waals surface area (Å²) in [7, 11) is -3.74. The molecule has 0 amide bonds. The summed E-state index contributed by atoms with van der Waals surface area (Å²) in [6.07, 6.45) is 0. The van der Waals surface area contributed by atoms with Gasteiger partial charge in [0, 0.05) is 27.5 Å². The Morgan fingerprint density at radius 1 is 1.37 bits per heavy atom. The number of aliphatic hydroxyl groups is 1. The van der Waals surface area contributed by atoms with Crippen LogP contribution in [0.2, 0.25) is 0 Å². The highest BCUT2D eigenvalue weighted by atomic mass is 79.9. The van der Waals surface area contributed by atoms with Crippen LogP contribution in [0.1, 0.15) is 13.8 Å². The van der Waals surface area contributed by atoms with E-state index in [9.17, 15) is 8.42 Å². The molecule has 1 rings (SSSR count). The standard InChI is InChI=1S/C11H16Br2N2O3S/c1-11(2,6-16)5-15-19(17,18)10-8(13)3-7(12)4-9(10)14/h3-4,15-16H,5-6,14H2,1-2H3. The van der Waals surface area contributed by atoms with E-state index in [0.29, 0.717) is 8.95 Å². The van der Waals surface area contributed by atoms with Crippen LogP contribution in [0, 0.1) is 5.41 Å². The highest BCUT2D eigenvalue weighted by Gasteiger charge is 2.25. The van der Waals surface area contributed by atoms with Crippen molar-refractivity contribution in [3.63, 3.8) is 0 Å². The summed E-state index contributed by atoms with van der Waals surface area (Å²) in [5, 5.41) is 9.13. The molecular formula is C11H16Br2N2O3S. The number of rotatable bonds is 5. The second-order valence-electron chi connectivity index (χ2n) is 4.95. The normalized spacial score (nSPS) is 12.7. The van der Waals surface area contributed by atoms with Gasteiger partial charge in [0.25, 0.3) is 0 Å². The maximum atomic E-state index is 12.2. The Labute approximate surface area is 129 Å². The molecule has 19 heavy (non-hydrogen) atoms. The summed E-state index contributed by atoms with van der Waals surface area (Å²) < 4.78 is 28.0. The van der Waals surface area contributed by atoms with E-state index in [2.05, 4.69) is 36.6 Å². The molecule has 0 radical (unpaired) electrons. The highest BCUT2D eigenvalue weighted by Crippen LogP contribution is 2.31. The molecule has 0 saturated carbocycles. The molecule has 0 aromatic heterocycles. The van der Waals surface area contributed by atoms with Gasteiger partial charge in [-0.1, -0.05) is 29.8 Å². The smallest absolute Gasteiger partial charge is 0.243 e. The zero-order chi connectivity index (χ0) is 14.8. The predicted octanol–water partition coefficient (Wildman–Crippen LogP) is 2.09. The van der Waals surface area contributed by atoms with Crippen LogP contribution in [0.15, 0.2) is 26.0 Å². The average molecular weight is 416 g/mol. The summed E-state index contributed by atoms with van der Waals surface area (Å²) in [4.78, 5) is 0.00411. The number of nitrogens with two attached hydrogens (primary N) is 1. The van der Waals surface area contributed by atoms with Gasteiger partial charge in [-0.3, -0.25) is 0 Å². The Kier molecular flexibility index (Phi) is 5.42. The fourth-order valence-electron chi connectivity index (χ4n) is 1.28. The molecule has 0 aliphatic rings. The fraction of sp³-hybridized carbons (Fsp3) is 0.455. The van der Waals surface area contributed by atoms with Crippen LogP contribution in [0.5, 0.6) is 0 Å². The van der Waals surface area contributed by atoms with Gasteiger partial charge in [0.1, 0.15) is 4.90 Å². The molecule has 0 aliphatic carbocycles. The Hall–Kier alpha value is -0.150. The molecule has 108 valence electrons. The molecule has 0 saturated heterocycles. The Bertz CT molecular complexity index is 550. The first-order valence-electron chi connectivity index (χ1n) is 5.44. The minimum atomic E-state index is -3.74. The summed E-state index contributed by atoms with van der Waals surface area (Å²) in [6.45, 7) is 3.52. The van der Waals surface area contributed by atoms with Crippen molar-refractivity contribution < 1.29 is 13.5 Å². The average Bonchev–Trinajstić information content (AvgIpc) is 2.25. The van der Waals surface area contributed by atoms with Gasteiger partial charge < -0.3 is 10.8 Å². The monoisotopic (exact) mass is 414 g/mol. The number of anilines is 1. The molecular weight excluding hydrogens is 400 g/mol. The van der Waals surface area contributed by atoms with Gasteiger partial charge in [0.05, 0.1) is 5.69 Å². The number of benzene rings is 1. The number of hydrogen-bond acceptors (Lipinski definition) is 4. The van der Waals surface area contributed by atoms with E-state index in [-0.39, 0.29) is 23.7 Å². The van der Waals surface area contributed by atoms with Gasteiger partial charge in [-0.05, 0) is 28.1 Å². The van der Waals surface area contributed by atoms with E-state index < -0.39 is 15.4 Å². The molecule has 0 fully saturated rings. The van der Waals surface area contributed by atoms with Crippen LogP contribution >= 0.6 is 31.9 Å². The Balaban J connectivity index is 3.09. The molecule has 0 spiro atoms. The zero-order valence-electron chi connectivity index (χ0n) is 10.6. The van der Waals surface area contributed by atoms with Crippen molar-refractivity contribution in [2.24, 2.45) is 5.41 Å². The summed E-state index contributed by atoms with van der Waals surface area (Å²) in [5.74, 6) is 0. The SMILES string of the molecule is CC(C)(CO)CNS(=O)(=O)c1c(N)cc(Br)cc1Br. The van der Waals surface area contributed by atoms with Gasteiger partial charge >= 0.3 is 0 Å². The maximum Gasteiger partial charge on any atom is 0.243 e. The van der Waals surface area contributed by atoms with E-state index >= 15 is 0 Å². The quantitative estimate of drug-likeness (QED) is 0.642. The van der Waals surface area contributed by atoms with Gasteiger partial charge in [-0.2, -0.15) is 0 Å². The van der Waals surface area contributed by atoms with Crippen molar-refractivity contribution in [1.82, 2.24) is 4.72 Å². The lowest BCUT2D eigenvalue weighted by molar-refractivity contribution is 0.163. The summed E-state index contributed by atoms with van der Waals surface area (Å²) in [5.41, 5.74) is 5.36. The third-order valence-electron chi connectivity index (χ3n) is 2.47. The van der Waals surface area contributed by atoms with Crippen LogP contribution < -0.4 is 10.5 Å². The van der Waals surface area contributed by atoms with E-state index in [1.807, 2.05) is 0 Å². The zero-order valence-corrected chi connectivity index (χ0v) is 14.6. The minimum Gasteiger partial charge on any atom is -0.398 e. The Morgan fingerprint density at radius 3 is 2.42 bits per heavy atom. The van der Waals surface area contributed by atoms with Crippen LogP contribution in [0.25, 0.3) is 0 Å². The van der Waals surface area contributed by atoms with Crippen molar-refractivity contribution in [3.05, 3.63) is 21.1 Å². The van der Waals surface area contributed by atoms with Crippen molar-refractivity contribution >= 4 is 47.6 Å². The van der Waals surface area contributed by atoms with Crippen LogP contribution in [-0.2, 0) is 10.0 Å². The largest absolute Gasteiger partial charge is 0.398 e. The molecule has 0 bridgehead atoms. The van der Waals surface area contributed by atoms with E-state index in [4.69, 9.17) is 10.8 Å². The van der Waals surface area contributed by atoms with Gasteiger partial charge in [0.15, 0.2) is 0 Å². The molecule has 0 unspecified atom stereocenters. The minimum absolute atomic E-state index is 0.00411. The number of nitrogen functional groups attached to an aromatic ring is 1. The van der Waals surface area contributed by atoms with E-state index in [1.54, 1.807) is 19.9 Å². The fourth-order valence-corrected chi connectivity index (χ4v) is 4.59. The number of nitrogens with one attached hydrogen (secondary N) is 1. The predicted molar refractivity (Wildman–Crippen MR) is 82.3 cm³/mol. The number of hydrogen-bond donors (Lipinski definition) is 3. The summed E-state index contributed by atoms with van der Waals surface area (Å²) in [6, 6.07) is 3.14. The third kappa shape index (κ3) is 4.42. The third-order valence-corrected chi connectivity index (χ3v) is 5.34. The molecule has 8 heteroatoms. The van der Waals surface area contributed by atoms with Crippen molar-refractivity contribution in [2.45, 2.75) is 18.7 Å². The lowest BCUT2D eigenvalue weighted by Gasteiger charge is -2.22. The molecule has 0 aliphatic heterocycles. The maximum absolute atomic E-state index is 12.2. The molecule has 1 aromatic carbocycles. The van der Waals surface area contributed by atoms with Crippen molar-refractivity contribution in [1.29, 1.82) is 0 Å². The number of halogens is 2. The number of aliphatic hydroxyl groups excluding tert-OH is 1. The van der Waals surface area contributed by atoms with Crippen molar-refractivity contribution in [3.8, 4) is 0 Å². The first-order chi connectivity index (χ1) is 8.59. The summed E-state index contributed by atoms with van der Waals surface area (Å²) >= 11 is 6.43. The second-order valence-corrected chi connectivity index (χ2v) is 8.43. The highest BCUT2D eigenvalue weighted by molar-refractivity contribution is 9.11. The molecule has 4 N–H and O–H groups in total. The molecule has 1 aromatic rings. The molecule has 0 atom stereocenters. The first kappa shape index (κ1) is 16.9. The van der Waals surface area contributed by atoms with Gasteiger partial charge in [0.2, 0.25) is 10.0 Å². The topological polar surface area (TPSA) is 92.4 Å². The molecule has 0 heterocycles. The van der Waals surface area contributed by atoms with Crippen LogP contribution in [0.4, 0.5) is 5.69 Å².